The van der Waals surface area contributed by atoms with Gasteiger partial charge in [-0.25, -0.2) is 4.79 Å². The molecule has 0 spiro atoms. The zero-order chi connectivity index (χ0) is 32.3. The van der Waals surface area contributed by atoms with Gasteiger partial charge in [0.2, 0.25) is 11.8 Å². The number of carboxylic acids is 1. The molecule has 1 saturated heterocycles. The average Bonchev–Trinajstić information content (AvgIpc) is 3.06. The Kier molecular flexibility index (Phi) is 11.4. The predicted octanol–water partition coefficient (Wildman–Crippen LogP) is 5.54. The topological polar surface area (TPSA) is 90.0 Å². The molecule has 1 aliphatic heterocycles. The molecular formula is C39H43N3O4. The molecule has 46 heavy (non-hydrogen) atoms. The fraction of sp³-hybridized carbons (Fsp3) is 0.308. The van der Waals surface area contributed by atoms with E-state index in [9.17, 15) is 19.5 Å². The van der Waals surface area contributed by atoms with Gasteiger partial charge in [0.1, 0.15) is 0 Å². The fourth-order valence-electron chi connectivity index (χ4n) is 6.37. The highest BCUT2D eigenvalue weighted by Gasteiger charge is 2.30. The van der Waals surface area contributed by atoms with Gasteiger partial charge in [0, 0.05) is 52.1 Å². The maximum atomic E-state index is 13.9. The van der Waals surface area contributed by atoms with Crippen molar-refractivity contribution in [2.75, 3.05) is 26.2 Å². The summed E-state index contributed by atoms with van der Waals surface area (Å²) < 4.78 is 0. The van der Waals surface area contributed by atoms with Crippen molar-refractivity contribution in [2.45, 2.75) is 51.6 Å². The Balaban J connectivity index is 1.27. The van der Waals surface area contributed by atoms with Crippen molar-refractivity contribution >= 4 is 17.8 Å². The molecule has 7 nitrogen and oxygen atoms in total. The number of aromatic carboxylic acids is 1. The van der Waals surface area contributed by atoms with E-state index in [1.807, 2.05) is 35.2 Å². The summed E-state index contributed by atoms with van der Waals surface area (Å²) in [5.74, 6) is -0.815. The lowest BCUT2D eigenvalue weighted by Gasteiger charge is -2.42. The van der Waals surface area contributed by atoms with Crippen molar-refractivity contribution in [2.24, 2.45) is 0 Å². The van der Waals surface area contributed by atoms with Gasteiger partial charge >= 0.3 is 5.97 Å². The van der Waals surface area contributed by atoms with Crippen molar-refractivity contribution in [3.63, 3.8) is 0 Å². The number of nitrogens with zero attached hydrogens (tertiary/aromatic N) is 2. The van der Waals surface area contributed by atoms with Gasteiger partial charge in [-0.05, 0) is 71.2 Å². The highest BCUT2D eigenvalue weighted by molar-refractivity contribution is 5.87. The molecule has 0 aliphatic carbocycles. The van der Waals surface area contributed by atoms with Gasteiger partial charge in [-0.15, -0.1) is 0 Å². The highest BCUT2D eigenvalue weighted by atomic mass is 16.4. The molecule has 7 heteroatoms. The number of rotatable bonds is 13. The summed E-state index contributed by atoms with van der Waals surface area (Å²) >= 11 is 0. The number of carbonyl (C=O) groups excluding carboxylic acids is 2. The lowest BCUT2D eigenvalue weighted by molar-refractivity contribution is -0.136. The van der Waals surface area contributed by atoms with Gasteiger partial charge < -0.3 is 15.3 Å². The van der Waals surface area contributed by atoms with Crippen LogP contribution in [0.3, 0.4) is 0 Å². The molecule has 1 heterocycles. The molecule has 0 radical (unpaired) electrons. The lowest BCUT2D eigenvalue weighted by Crippen LogP contribution is -2.55. The Bertz CT molecular complexity index is 1620. The monoisotopic (exact) mass is 617 g/mol. The minimum absolute atomic E-state index is 0.00799. The number of carboxylic acid groups (broad SMARTS) is 1. The van der Waals surface area contributed by atoms with E-state index in [1.54, 1.807) is 12.1 Å². The van der Waals surface area contributed by atoms with E-state index < -0.39 is 5.97 Å². The number of piperazine rings is 1. The van der Waals surface area contributed by atoms with E-state index >= 15 is 0 Å². The van der Waals surface area contributed by atoms with Crippen LogP contribution in [0.1, 0.15) is 57.1 Å². The molecule has 0 bridgehead atoms. The van der Waals surface area contributed by atoms with Crippen LogP contribution >= 0.6 is 0 Å². The number of nitrogens with one attached hydrogen (secondary N) is 1. The van der Waals surface area contributed by atoms with Crippen LogP contribution in [0.5, 0.6) is 0 Å². The highest BCUT2D eigenvalue weighted by Crippen LogP contribution is 2.22. The normalized spacial score (nSPS) is 15.0. The summed E-state index contributed by atoms with van der Waals surface area (Å²) in [6.07, 6.45) is 3.30. The molecule has 238 valence electrons. The SMILES string of the molecule is CC(=O)NCCc1ccccc1Cc1ccccc1CCC(=O)N1CCN(Cc2ccccc2)CC1Cc1ccc(C(=O)O)cc1. The molecule has 0 aromatic heterocycles. The maximum Gasteiger partial charge on any atom is 0.335 e. The first-order valence-electron chi connectivity index (χ1n) is 16.1. The van der Waals surface area contributed by atoms with Gasteiger partial charge in [-0.1, -0.05) is 91.0 Å². The van der Waals surface area contributed by atoms with Crippen molar-refractivity contribution in [3.05, 3.63) is 142 Å². The Morgan fingerprint density at radius 3 is 1.98 bits per heavy atom. The zero-order valence-corrected chi connectivity index (χ0v) is 26.5. The third kappa shape index (κ3) is 9.14. The Labute approximate surface area is 271 Å². The van der Waals surface area contributed by atoms with Gasteiger partial charge in [0.25, 0.3) is 0 Å². The van der Waals surface area contributed by atoms with Crippen LogP contribution in [0.15, 0.2) is 103 Å². The van der Waals surface area contributed by atoms with Gasteiger partial charge in [0.05, 0.1) is 5.56 Å². The van der Waals surface area contributed by atoms with E-state index in [1.165, 1.54) is 34.7 Å². The number of aryl methyl sites for hydroxylation is 1. The number of carbonyl (C=O) groups is 3. The van der Waals surface area contributed by atoms with E-state index in [4.69, 9.17) is 0 Å². The van der Waals surface area contributed by atoms with Crippen molar-refractivity contribution in [1.29, 1.82) is 0 Å². The first-order chi connectivity index (χ1) is 22.4. The molecule has 1 unspecified atom stereocenters. The molecule has 1 atom stereocenters. The maximum absolute atomic E-state index is 13.9. The second kappa shape index (κ2) is 16.0. The minimum Gasteiger partial charge on any atom is -0.478 e. The summed E-state index contributed by atoms with van der Waals surface area (Å²) in [6.45, 7) is 5.19. The molecule has 1 aliphatic rings. The zero-order valence-electron chi connectivity index (χ0n) is 26.5. The Morgan fingerprint density at radius 2 is 1.35 bits per heavy atom. The molecule has 2 amide bonds. The van der Waals surface area contributed by atoms with Gasteiger partial charge in [0.15, 0.2) is 0 Å². The first kappa shape index (κ1) is 32.6. The Morgan fingerprint density at radius 1 is 0.739 bits per heavy atom. The summed E-state index contributed by atoms with van der Waals surface area (Å²) in [4.78, 5) is 41.1. The fourth-order valence-corrected chi connectivity index (χ4v) is 6.37. The van der Waals surface area contributed by atoms with Crippen LogP contribution in [-0.2, 0) is 41.8 Å². The Hall–Kier alpha value is -4.75. The average molecular weight is 618 g/mol. The quantitative estimate of drug-likeness (QED) is 0.206. The summed E-state index contributed by atoms with van der Waals surface area (Å²) in [6, 6.07) is 34.1. The molecule has 4 aromatic rings. The summed E-state index contributed by atoms with van der Waals surface area (Å²) in [5.41, 5.74) is 7.38. The third-order valence-corrected chi connectivity index (χ3v) is 8.80. The van der Waals surface area contributed by atoms with Crippen LogP contribution < -0.4 is 5.32 Å². The number of amides is 2. The van der Waals surface area contributed by atoms with Crippen LogP contribution in [0.25, 0.3) is 0 Å². The van der Waals surface area contributed by atoms with Crippen LogP contribution in [-0.4, -0.2) is 64.9 Å². The van der Waals surface area contributed by atoms with E-state index in [0.717, 1.165) is 38.0 Å². The van der Waals surface area contributed by atoms with E-state index in [0.29, 0.717) is 32.4 Å². The molecular weight excluding hydrogens is 574 g/mol. The van der Waals surface area contributed by atoms with Gasteiger partial charge in [-0.2, -0.15) is 0 Å². The summed E-state index contributed by atoms with van der Waals surface area (Å²) in [7, 11) is 0. The second-order valence-electron chi connectivity index (χ2n) is 12.1. The largest absolute Gasteiger partial charge is 0.478 e. The van der Waals surface area contributed by atoms with Crippen molar-refractivity contribution < 1.29 is 19.5 Å². The molecule has 4 aromatic carbocycles. The number of benzene rings is 4. The first-order valence-corrected chi connectivity index (χ1v) is 16.1. The standard InChI is InChI=1S/C39H43N3O4/c1-29(43)40-22-21-33-12-6-8-14-36(33)26-35-13-7-5-11-32(35)19-20-38(44)42-24-23-41(27-31-9-3-2-4-10-31)28-37(42)25-30-15-17-34(18-16-30)39(45)46/h2-18,37H,19-28H2,1H3,(H,40,43)(H,45,46). The minimum atomic E-state index is -0.941. The molecule has 5 rings (SSSR count). The second-order valence-corrected chi connectivity index (χ2v) is 12.1. The third-order valence-electron chi connectivity index (χ3n) is 8.80. The predicted molar refractivity (Wildman–Crippen MR) is 181 cm³/mol. The van der Waals surface area contributed by atoms with E-state index in [2.05, 4.69) is 70.9 Å². The summed E-state index contributed by atoms with van der Waals surface area (Å²) in [5, 5.41) is 12.2. The van der Waals surface area contributed by atoms with E-state index in [-0.39, 0.29) is 23.4 Å². The van der Waals surface area contributed by atoms with Gasteiger partial charge in [-0.3, -0.25) is 14.5 Å². The van der Waals surface area contributed by atoms with Crippen molar-refractivity contribution in [3.8, 4) is 0 Å². The van der Waals surface area contributed by atoms with Crippen LogP contribution in [0, 0.1) is 0 Å². The number of hydrogen-bond donors (Lipinski definition) is 2. The van der Waals surface area contributed by atoms with Crippen LogP contribution in [0.2, 0.25) is 0 Å². The van der Waals surface area contributed by atoms with Crippen molar-refractivity contribution in [1.82, 2.24) is 15.1 Å². The number of hydrogen-bond acceptors (Lipinski definition) is 4. The molecule has 0 saturated carbocycles. The molecule has 1 fully saturated rings. The van der Waals surface area contributed by atoms with Crippen LogP contribution in [0.4, 0.5) is 0 Å². The smallest absolute Gasteiger partial charge is 0.335 e. The lowest BCUT2D eigenvalue weighted by atomic mass is 9.93. The molecule has 2 N–H and O–H groups in total.